The van der Waals surface area contributed by atoms with Crippen molar-refractivity contribution in [3.63, 3.8) is 0 Å². The van der Waals surface area contributed by atoms with E-state index >= 15 is 0 Å². The lowest BCUT2D eigenvalue weighted by Crippen LogP contribution is -2.66. The molecule has 0 spiro atoms. The van der Waals surface area contributed by atoms with Crippen molar-refractivity contribution in [2.45, 2.75) is 83.8 Å². The highest BCUT2D eigenvalue weighted by Gasteiger charge is 2.74. The Labute approximate surface area is 214 Å². The molecule has 1 saturated carbocycles. The molecule has 3 fully saturated rings. The third-order valence-corrected chi connectivity index (χ3v) is 8.33. The van der Waals surface area contributed by atoms with Crippen LogP contribution in [0.3, 0.4) is 0 Å². The van der Waals surface area contributed by atoms with Gasteiger partial charge in [-0.3, -0.25) is 19.2 Å². The zero-order valence-electron chi connectivity index (χ0n) is 21.7. The first kappa shape index (κ1) is 27.3. The number of ether oxygens (including phenoxy) is 5. The van der Waals surface area contributed by atoms with E-state index in [9.17, 15) is 29.4 Å². The third-order valence-electron chi connectivity index (χ3n) is 8.33. The lowest BCUT2D eigenvalue weighted by Gasteiger charge is -2.53. The highest BCUT2D eigenvalue weighted by Crippen LogP contribution is 2.61. The molecule has 0 aromatic heterocycles. The number of aliphatic hydroxyl groups is 2. The van der Waals surface area contributed by atoms with Crippen molar-refractivity contribution in [2.24, 2.45) is 23.2 Å². The van der Waals surface area contributed by atoms with Gasteiger partial charge in [-0.25, -0.2) is 0 Å². The van der Waals surface area contributed by atoms with Crippen molar-refractivity contribution in [1.82, 2.24) is 0 Å². The SMILES string of the molecule is CC(=O)OCC1=C[C@@H]2OC(=O)[C@H](C)[C@@]2(O)[C@H](OC(C)=O)[C@H]2[C@@H](C)[C@@H](OC(C)=O)[C@@H]3O[C@@H]3[C@]2(C)[C@@H](O)C=C1. The second-order valence-electron chi connectivity index (χ2n) is 10.7. The number of carbonyl (C=O) groups excluding carboxylic acids is 4. The Morgan fingerprint density at radius 3 is 2.32 bits per heavy atom. The highest BCUT2D eigenvalue weighted by molar-refractivity contribution is 5.78. The maximum absolute atomic E-state index is 12.8. The second kappa shape index (κ2) is 9.52. The molecule has 2 aliphatic heterocycles. The Hall–Kier alpha value is -2.76. The predicted octanol–water partition coefficient (Wildman–Crippen LogP) is 0.602. The van der Waals surface area contributed by atoms with E-state index in [0.29, 0.717) is 5.57 Å². The van der Waals surface area contributed by atoms with Gasteiger partial charge in [0.05, 0.1) is 18.1 Å². The minimum Gasteiger partial charge on any atom is -0.461 e. The minimum absolute atomic E-state index is 0.205. The monoisotopic (exact) mass is 522 g/mol. The molecule has 204 valence electrons. The third kappa shape index (κ3) is 4.46. The van der Waals surface area contributed by atoms with Gasteiger partial charge in [0.15, 0.2) is 11.7 Å². The van der Waals surface area contributed by atoms with Crippen LogP contribution >= 0.6 is 0 Å². The summed E-state index contributed by atoms with van der Waals surface area (Å²) in [6.07, 6.45) is -1.19. The quantitative estimate of drug-likeness (QED) is 0.303. The summed E-state index contributed by atoms with van der Waals surface area (Å²) >= 11 is 0. The Balaban J connectivity index is 1.92. The summed E-state index contributed by atoms with van der Waals surface area (Å²) < 4.78 is 28.0. The fourth-order valence-corrected chi connectivity index (χ4v) is 6.39. The number of fused-ring (bicyclic) bond motifs is 4. The molecular weight excluding hydrogens is 488 g/mol. The molecular formula is C26H34O11. The van der Waals surface area contributed by atoms with Gasteiger partial charge in [-0.05, 0) is 18.6 Å². The summed E-state index contributed by atoms with van der Waals surface area (Å²) in [7, 11) is 0. The molecule has 2 saturated heterocycles. The Morgan fingerprint density at radius 2 is 1.73 bits per heavy atom. The number of aliphatic hydroxyl groups excluding tert-OH is 1. The van der Waals surface area contributed by atoms with Crippen LogP contribution in [0.1, 0.15) is 41.5 Å². The standard InChI is InChI=1S/C26H34O11/c1-11-19-22(35-15(5)29)26(32)12(2)24(31)36-18(26)9-16(10-33-13(3)27)7-8-17(30)25(19,6)23-21(37-23)20(11)34-14(4)28/h7-9,11-12,17-23,30,32H,10H2,1-6H3/t11-,12+,17+,18+,19-,20-,21+,22-,23+,25-,26+/m1/s1. The smallest absolute Gasteiger partial charge is 0.312 e. The summed E-state index contributed by atoms with van der Waals surface area (Å²) in [6.45, 7) is 8.49. The van der Waals surface area contributed by atoms with Gasteiger partial charge in [0, 0.05) is 38.0 Å². The maximum atomic E-state index is 12.8. The average Bonchev–Trinajstić information content (AvgIpc) is 3.57. The van der Waals surface area contributed by atoms with Crippen LogP contribution in [0.25, 0.3) is 0 Å². The van der Waals surface area contributed by atoms with E-state index in [0.717, 1.165) is 0 Å². The van der Waals surface area contributed by atoms with E-state index in [2.05, 4.69) is 0 Å². The lowest BCUT2D eigenvalue weighted by molar-refractivity contribution is -0.216. The molecule has 37 heavy (non-hydrogen) atoms. The highest BCUT2D eigenvalue weighted by atomic mass is 16.6. The van der Waals surface area contributed by atoms with Crippen LogP contribution in [0, 0.1) is 23.2 Å². The number of rotatable bonds is 4. The van der Waals surface area contributed by atoms with Gasteiger partial charge >= 0.3 is 23.9 Å². The van der Waals surface area contributed by atoms with Crippen molar-refractivity contribution in [1.29, 1.82) is 0 Å². The topological polar surface area (TPSA) is 158 Å². The minimum atomic E-state index is -2.07. The van der Waals surface area contributed by atoms with Crippen LogP contribution in [0.15, 0.2) is 23.8 Å². The number of hydrogen-bond acceptors (Lipinski definition) is 11. The van der Waals surface area contributed by atoms with Crippen LogP contribution in [0.4, 0.5) is 0 Å². The first-order valence-electron chi connectivity index (χ1n) is 12.4. The molecule has 2 aliphatic carbocycles. The van der Waals surface area contributed by atoms with Gasteiger partial charge in [-0.2, -0.15) is 0 Å². The molecule has 0 radical (unpaired) electrons. The van der Waals surface area contributed by atoms with Crippen LogP contribution < -0.4 is 0 Å². The summed E-state index contributed by atoms with van der Waals surface area (Å²) in [5.41, 5.74) is -2.86. The molecule has 11 nitrogen and oxygen atoms in total. The molecule has 11 heteroatoms. The number of esters is 4. The molecule has 0 aromatic carbocycles. The molecule has 4 aliphatic rings. The van der Waals surface area contributed by atoms with Crippen molar-refractivity contribution < 1.29 is 53.1 Å². The van der Waals surface area contributed by atoms with Crippen molar-refractivity contribution >= 4 is 23.9 Å². The van der Waals surface area contributed by atoms with Gasteiger partial charge < -0.3 is 33.9 Å². The lowest BCUT2D eigenvalue weighted by atomic mass is 9.54. The van der Waals surface area contributed by atoms with Crippen LogP contribution in [-0.2, 0) is 42.9 Å². The normalized spacial score (nSPS) is 44.3. The average molecular weight is 523 g/mol. The van der Waals surface area contributed by atoms with Crippen LogP contribution in [0.5, 0.6) is 0 Å². The zero-order valence-corrected chi connectivity index (χ0v) is 21.7. The molecule has 0 bridgehead atoms. The Kier molecular flexibility index (Phi) is 7.02. The van der Waals surface area contributed by atoms with Crippen molar-refractivity contribution in [3.8, 4) is 0 Å². The Morgan fingerprint density at radius 1 is 1.08 bits per heavy atom. The summed E-state index contributed by atoms with van der Waals surface area (Å²) in [5.74, 6) is -5.03. The maximum Gasteiger partial charge on any atom is 0.312 e. The van der Waals surface area contributed by atoms with E-state index in [1.807, 2.05) is 0 Å². The van der Waals surface area contributed by atoms with Crippen molar-refractivity contribution in [3.05, 3.63) is 23.8 Å². The Bertz CT molecular complexity index is 1050. The largest absolute Gasteiger partial charge is 0.461 e. The molecule has 4 rings (SSSR count). The molecule has 0 unspecified atom stereocenters. The van der Waals surface area contributed by atoms with Gasteiger partial charge in [-0.15, -0.1) is 0 Å². The first-order chi connectivity index (χ1) is 17.2. The van der Waals surface area contributed by atoms with E-state index in [1.54, 1.807) is 19.9 Å². The van der Waals surface area contributed by atoms with Crippen molar-refractivity contribution in [2.75, 3.05) is 6.61 Å². The summed E-state index contributed by atoms with van der Waals surface area (Å²) in [6, 6.07) is 0. The van der Waals surface area contributed by atoms with Gasteiger partial charge in [0.1, 0.15) is 24.9 Å². The zero-order chi connectivity index (χ0) is 27.4. The molecule has 0 aromatic rings. The molecule has 2 heterocycles. The van der Waals surface area contributed by atoms with Gasteiger partial charge in [-0.1, -0.05) is 26.0 Å². The second-order valence-corrected chi connectivity index (χ2v) is 10.7. The summed E-state index contributed by atoms with van der Waals surface area (Å²) in [5, 5.41) is 23.8. The van der Waals surface area contributed by atoms with Crippen LogP contribution in [0.2, 0.25) is 0 Å². The number of epoxide rings is 1. The molecule has 11 atom stereocenters. The van der Waals surface area contributed by atoms with Crippen LogP contribution in [-0.4, -0.2) is 82.9 Å². The van der Waals surface area contributed by atoms with E-state index in [-0.39, 0.29) is 6.61 Å². The first-order valence-corrected chi connectivity index (χ1v) is 12.4. The van der Waals surface area contributed by atoms with Gasteiger partial charge in [0.2, 0.25) is 0 Å². The van der Waals surface area contributed by atoms with Gasteiger partial charge in [0.25, 0.3) is 0 Å². The predicted molar refractivity (Wildman–Crippen MR) is 124 cm³/mol. The fourth-order valence-electron chi connectivity index (χ4n) is 6.39. The summed E-state index contributed by atoms with van der Waals surface area (Å²) in [4.78, 5) is 48.6. The fraction of sp³-hybridized carbons (Fsp3) is 0.692. The molecule has 2 N–H and O–H groups in total. The molecule has 0 amide bonds. The van der Waals surface area contributed by atoms with E-state index in [1.165, 1.54) is 39.8 Å². The number of hydrogen-bond donors (Lipinski definition) is 2. The van der Waals surface area contributed by atoms with E-state index in [4.69, 9.17) is 23.7 Å². The number of carbonyl (C=O) groups is 4. The van der Waals surface area contributed by atoms with E-state index < -0.39 is 89.3 Å².